The Morgan fingerprint density at radius 1 is 1.53 bits per heavy atom. The smallest absolute Gasteiger partial charge is 0.239 e. The van der Waals surface area contributed by atoms with Gasteiger partial charge >= 0.3 is 0 Å². The highest BCUT2D eigenvalue weighted by atomic mass is 16.2. The van der Waals surface area contributed by atoms with E-state index in [0.29, 0.717) is 6.42 Å². The van der Waals surface area contributed by atoms with E-state index in [2.05, 4.69) is 10.2 Å². The summed E-state index contributed by atoms with van der Waals surface area (Å²) in [5, 5.41) is 2.94. The maximum absolute atomic E-state index is 11.7. The van der Waals surface area contributed by atoms with E-state index in [1.807, 2.05) is 27.9 Å². The van der Waals surface area contributed by atoms with Gasteiger partial charge in [0.15, 0.2) is 0 Å². The molecule has 0 aliphatic carbocycles. The molecular formula is C11H25N3O. The first kappa shape index (κ1) is 14.4. The SMILES string of the molecule is CCC(C)(N)C(=O)NC(C)CCN(C)C. The van der Waals surface area contributed by atoms with Crippen molar-refractivity contribution in [2.75, 3.05) is 20.6 Å². The van der Waals surface area contributed by atoms with Gasteiger partial charge in [0.1, 0.15) is 0 Å². The van der Waals surface area contributed by atoms with Gasteiger partial charge in [-0.05, 0) is 47.3 Å². The minimum atomic E-state index is -0.744. The molecule has 0 rings (SSSR count). The van der Waals surface area contributed by atoms with Crippen LogP contribution in [0.25, 0.3) is 0 Å². The Balaban J connectivity index is 3.96. The van der Waals surface area contributed by atoms with E-state index in [0.717, 1.165) is 13.0 Å². The van der Waals surface area contributed by atoms with Crippen molar-refractivity contribution in [1.82, 2.24) is 10.2 Å². The zero-order valence-corrected chi connectivity index (χ0v) is 10.6. The molecular weight excluding hydrogens is 190 g/mol. The highest BCUT2D eigenvalue weighted by Crippen LogP contribution is 2.05. The molecule has 15 heavy (non-hydrogen) atoms. The van der Waals surface area contributed by atoms with Gasteiger partial charge in [0, 0.05) is 6.04 Å². The van der Waals surface area contributed by atoms with Crippen LogP contribution in [-0.4, -0.2) is 43.0 Å². The van der Waals surface area contributed by atoms with Gasteiger partial charge in [0.25, 0.3) is 0 Å². The largest absolute Gasteiger partial charge is 0.352 e. The van der Waals surface area contributed by atoms with Gasteiger partial charge in [-0.25, -0.2) is 0 Å². The summed E-state index contributed by atoms with van der Waals surface area (Å²) in [7, 11) is 4.04. The maximum Gasteiger partial charge on any atom is 0.239 e. The summed E-state index contributed by atoms with van der Waals surface area (Å²) in [6.07, 6.45) is 1.60. The van der Waals surface area contributed by atoms with Crippen molar-refractivity contribution in [3.05, 3.63) is 0 Å². The summed E-state index contributed by atoms with van der Waals surface area (Å²) in [6, 6.07) is 0.175. The third-order valence-corrected chi connectivity index (χ3v) is 2.64. The second-order valence-electron chi connectivity index (χ2n) is 4.74. The molecule has 0 aromatic carbocycles. The lowest BCUT2D eigenvalue weighted by molar-refractivity contribution is -0.126. The lowest BCUT2D eigenvalue weighted by atomic mass is 9.99. The summed E-state index contributed by atoms with van der Waals surface area (Å²) < 4.78 is 0. The third kappa shape index (κ3) is 5.74. The molecule has 0 bridgehead atoms. The predicted octanol–water partition coefficient (Wildman–Crippen LogP) is 0.570. The monoisotopic (exact) mass is 215 g/mol. The Labute approximate surface area is 93.2 Å². The van der Waals surface area contributed by atoms with E-state index in [1.54, 1.807) is 6.92 Å². The highest BCUT2D eigenvalue weighted by Gasteiger charge is 2.26. The average Bonchev–Trinajstić information content (AvgIpc) is 2.14. The number of carbonyl (C=O) groups is 1. The quantitative estimate of drug-likeness (QED) is 0.681. The van der Waals surface area contributed by atoms with E-state index in [1.165, 1.54) is 0 Å². The van der Waals surface area contributed by atoms with E-state index in [-0.39, 0.29) is 11.9 Å². The fourth-order valence-electron chi connectivity index (χ4n) is 1.07. The Kier molecular flexibility index (Phi) is 5.83. The van der Waals surface area contributed by atoms with Crippen molar-refractivity contribution in [1.29, 1.82) is 0 Å². The van der Waals surface area contributed by atoms with Crippen LogP contribution in [0.4, 0.5) is 0 Å². The van der Waals surface area contributed by atoms with Crippen LogP contribution in [0, 0.1) is 0 Å². The average molecular weight is 215 g/mol. The summed E-state index contributed by atoms with van der Waals surface area (Å²) in [5.41, 5.74) is 5.10. The summed E-state index contributed by atoms with van der Waals surface area (Å²) in [5.74, 6) is -0.0590. The summed E-state index contributed by atoms with van der Waals surface area (Å²) in [4.78, 5) is 13.8. The molecule has 0 spiro atoms. The Bertz CT molecular complexity index is 202. The maximum atomic E-state index is 11.7. The van der Waals surface area contributed by atoms with Crippen molar-refractivity contribution >= 4 is 5.91 Å². The van der Waals surface area contributed by atoms with Crippen molar-refractivity contribution in [3.63, 3.8) is 0 Å². The van der Waals surface area contributed by atoms with E-state index in [4.69, 9.17) is 5.73 Å². The molecule has 0 heterocycles. The van der Waals surface area contributed by atoms with E-state index in [9.17, 15) is 4.79 Å². The molecule has 0 aromatic heterocycles. The zero-order valence-electron chi connectivity index (χ0n) is 10.6. The van der Waals surface area contributed by atoms with Gasteiger partial charge in [-0.15, -0.1) is 0 Å². The van der Waals surface area contributed by atoms with Crippen LogP contribution >= 0.6 is 0 Å². The predicted molar refractivity (Wildman–Crippen MR) is 63.7 cm³/mol. The van der Waals surface area contributed by atoms with Crippen LogP contribution < -0.4 is 11.1 Å². The third-order valence-electron chi connectivity index (χ3n) is 2.64. The van der Waals surface area contributed by atoms with Gasteiger partial charge < -0.3 is 16.0 Å². The Hall–Kier alpha value is -0.610. The van der Waals surface area contributed by atoms with E-state index < -0.39 is 5.54 Å². The number of nitrogens with zero attached hydrogens (tertiary/aromatic N) is 1. The number of hydrogen-bond donors (Lipinski definition) is 2. The minimum Gasteiger partial charge on any atom is -0.352 e. The molecule has 0 radical (unpaired) electrons. The molecule has 0 saturated heterocycles. The summed E-state index contributed by atoms with van der Waals surface area (Å²) >= 11 is 0. The topological polar surface area (TPSA) is 58.4 Å². The van der Waals surface area contributed by atoms with Crippen LogP contribution in [0.1, 0.15) is 33.6 Å². The highest BCUT2D eigenvalue weighted by molar-refractivity contribution is 5.85. The molecule has 2 atom stereocenters. The number of rotatable bonds is 6. The molecule has 4 heteroatoms. The van der Waals surface area contributed by atoms with Gasteiger partial charge in [0.2, 0.25) is 5.91 Å². The first-order valence-corrected chi connectivity index (χ1v) is 5.54. The van der Waals surface area contributed by atoms with Crippen LogP contribution in [0.15, 0.2) is 0 Å². The van der Waals surface area contributed by atoms with Crippen LogP contribution in [0.5, 0.6) is 0 Å². The van der Waals surface area contributed by atoms with Crippen LogP contribution in [-0.2, 0) is 4.79 Å². The van der Waals surface area contributed by atoms with Crippen molar-refractivity contribution in [3.8, 4) is 0 Å². The van der Waals surface area contributed by atoms with Gasteiger partial charge in [-0.3, -0.25) is 4.79 Å². The van der Waals surface area contributed by atoms with Gasteiger partial charge in [-0.2, -0.15) is 0 Å². The molecule has 1 amide bonds. The number of hydrogen-bond acceptors (Lipinski definition) is 3. The Morgan fingerprint density at radius 3 is 2.47 bits per heavy atom. The Morgan fingerprint density at radius 2 is 2.07 bits per heavy atom. The van der Waals surface area contributed by atoms with Crippen LogP contribution in [0.2, 0.25) is 0 Å². The van der Waals surface area contributed by atoms with E-state index >= 15 is 0 Å². The number of nitrogens with two attached hydrogens (primary N) is 1. The molecule has 0 aliphatic rings. The second kappa shape index (κ2) is 6.08. The van der Waals surface area contributed by atoms with Crippen LogP contribution in [0.3, 0.4) is 0 Å². The van der Waals surface area contributed by atoms with Crippen molar-refractivity contribution in [2.45, 2.75) is 45.2 Å². The number of amides is 1. The molecule has 90 valence electrons. The van der Waals surface area contributed by atoms with Gasteiger partial charge in [-0.1, -0.05) is 6.92 Å². The fraction of sp³-hybridized carbons (Fsp3) is 0.909. The molecule has 4 nitrogen and oxygen atoms in total. The lowest BCUT2D eigenvalue weighted by Gasteiger charge is -2.25. The number of nitrogens with one attached hydrogen (secondary N) is 1. The molecule has 0 saturated carbocycles. The fourth-order valence-corrected chi connectivity index (χ4v) is 1.07. The lowest BCUT2D eigenvalue weighted by Crippen LogP contribution is -2.53. The molecule has 0 aromatic rings. The minimum absolute atomic E-state index is 0.0590. The first-order chi connectivity index (χ1) is 6.79. The molecule has 0 aliphatic heterocycles. The zero-order chi connectivity index (χ0) is 12.1. The molecule has 2 unspecified atom stereocenters. The second-order valence-corrected chi connectivity index (χ2v) is 4.74. The van der Waals surface area contributed by atoms with Crippen molar-refractivity contribution < 1.29 is 4.79 Å². The number of carbonyl (C=O) groups excluding carboxylic acids is 1. The van der Waals surface area contributed by atoms with Gasteiger partial charge in [0.05, 0.1) is 5.54 Å². The molecule has 3 N–H and O–H groups in total. The summed E-state index contributed by atoms with van der Waals surface area (Å²) in [6.45, 7) is 6.66. The standard InChI is InChI=1S/C11H25N3O/c1-6-11(3,12)10(15)13-9(2)7-8-14(4)5/h9H,6-8,12H2,1-5H3,(H,13,15). The van der Waals surface area contributed by atoms with Crippen molar-refractivity contribution in [2.24, 2.45) is 5.73 Å². The molecule has 0 fully saturated rings. The normalized spacial score (nSPS) is 17.3. The first-order valence-electron chi connectivity index (χ1n) is 5.54.